The number of hydrogen-bond acceptors (Lipinski definition) is 3. The molecule has 0 spiro atoms. The summed E-state index contributed by atoms with van der Waals surface area (Å²) in [6.45, 7) is 2.27. The quantitative estimate of drug-likeness (QED) is 0.227. The van der Waals surface area contributed by atoms with Crippen molar-refractivity contribution in [3.05, 3.63) is 106 Å². The summed E-state index contributed by atoms with van der Waals surface area (Å²) in [4.78, 5) is 37.8. The maximum atomic E-state index is 12.4. The van der Waals surface area contributed by atoms with Gasteiger partial charge in [0.05, 0.1) is 17.5 Å². The lowest BCUT2D eigenvalue weighted by Gasteiger charge is -2.06. The van der Waals surface area contributed by atoms with Crippen LogP contribution >= 0.6 is 11.6 Å². The van der Waals surface area contributed by atoms with Crippen LogP contribution in [0, 0.1) is 0 Å². The zero-order valence-corrected chi connectivity index (χ0v) is 21.3. The van der Waals surface area contributed by atoms with Gasteiger partial charge in [-0.05, 0) is 55.3 Å². The molecule has 0 aliphatic carbocycles. The Morgan fingerprint density at radius 3 is 2.39 bits per heavy atom. The molecule has 3 heterocycles. The van der Waals surface area contributed by atoms with Crippen LogP contribution < -0.4 is 0 Å². The number of benzene rings is 3. The van der Waals surface area contributed by atoms with Crippen molar-refractivity contribution in [3.8, 4) is 0 Å². The fraction of sp³-hybridized carbons (Fsp3) is 0.167. The molecular formula is C30H25ClN2O5. The molecule has 0 saturated carbocycles. The van der Waals surface area contributed by atoms with E-state index in [0.717, 1.165) is 33.1 Å². The van der Waals surface area contributed by atoms with Gasteiger partial charge in [0, 0.05) is 44.6 Å². The van der Waals surface area contributed by atoms with Gasteiger partial charge in [0.1, 0.15) is 0 Å². The summed E-state index contributed by atoms with van der Waals surface area (Å²) in [5, 5.41) is 21.0. The zero-order valence-electron chi connectivity index (χ0n) is 20.5. The number of carbonyl (C=O) groups excluding carboxylic acids is 1. The van der Waals surface area contributed by atoms with E-state index in [1.807, 2.05) is 59.2 Å². The Morgan fingerprint density at radius 1 is 0.921 bits per heavy atom. The van der Waals surface area contributed by atoms with Gasteiger partial charge in [0.15, 0.2) is 0 Å². The molecule has 7 nitrogen and oxygen atoms in total. The molecule has 0 saturated heterocycles. The predicted octanol–water partition coefficient (Wildman–Crippen LogP) is 6.45. The third-order valence-corrected chi connectivity index (χ3v) is 7.27. The van der Waals surface area contributed by atoms with E-state index in [-0.39, 0.29) is 5.78 Å². The Kier molecular flexibility index (Phi) is 6.78. The van der Waals surface area contributed by atoms with Gasteiger partial charge in [-0.3, -0.25) is 14.4 Å². The summed E-state index contributed by atoms with van der Waals surface area (Å²) in [6.07, 6.45) is 0.556. The summed E-state index contributed by atoms with van der Waals surface area (Å²) in [7, 11) is 0. The molecular weight excluding hydrogens is 504 g/mol. The SMILES string of the molecule is CC(C(=O)O)c1ccc2c(c1)[nH]c1ccc(Cl)cc12.O=C(c1ccccc1)c1ccc2n1CCC2C(=O)O. The Morgan fingerprint density at radius 2 is 1.68 bits per heavy atom. The molecule has 6 rings (SSSR count). The van der Waals surface area contributed by atoms with Crippen LogP contribution in [0.1, 0.15) is 52.5 Å². The molecule has 2 atom stereocenters. The van der Waals surface area contributed by atoms with Crippen molar-refractivity contribution in [3.63, 3.8) is 0 Å². The van der Waals surface area contributed by atoms with Crippen LogP contribution in [0.5, 0.6) is 0 Å². The average Bonchev–Trinajstić information content (AvgIpc) is 3.61. The van der Waals surface area contributed by atoms with Crippen molar-refractivity contribution in [2.24, 2.45) is 0 Å². The van der Waals surface area contributed by atoms with Crippen LogP contribution in [0.2, 0.25) is 5.02 Å². The maximum absolute atomic E-state index is 12.4. The minimum atomic E-state index is -0.824. The predicted molar refractivity (Wildman–Crippen MR) is 146 cm³/mol. The summed E-state index contributed by atoms with van der Waals surface area (Å²) in [5.41, 5.74) is 4.65. The van der Waals surface area contributed by atoms with E-state index in [1.54, 1.807) is 31.2 Å². The Bertz CT molecular complexity index is 1690. The highest BCUT2D eigenvalue weighted by Gasteiger charge is 2.31. The number of carbonyl (C=O) groups is 3. The van der Waals surface area contributed by atoms with Crippen LogP contribution in [-0.4, -0.2) is 37.5 Å². The molecule has 1 aliphatic rings. The highest BCUT2D eigenvalue weighted by atomic mass is 35.5. The van der Waals surface area contributed by atoms with Gasteiger partial charge in [0.2, 0.25) is 5.78 Å². The second kappa shape index (κ2) is 10.2. The maximum Gasteiger partial charge on any atom is 0.312 e. The molecule has 2 unspecified atom stereocenters. The van der Waals surface area contributed by atoms with Gasteiger partial charge in [-0.2, -0.15) is 0 Å². The van der Waals surface area contributed by atoms with Gasteiger partial charge in [-0.25, -0.2) is 0 Å². The number of rotatable bonds is 5. The number of aromatic amines is 1. The van der Waals surface area contributed by atoms with Crippen molar-refractivity contribution in [2.45, 2.75) is 31.7 Å². The van der Waals surface area contributed by atoms with Crippen molar-refractivity contribution in [1.82, 2.24) is 9.55 Å². The highest BCUT2D eigenvalue weighted by Crippen LogP contribution is 2.32. The van der Waals surface area contributed by atoms with Crippen LogP contribution in [0.3, 0.4) is 0 Å². The third kappa shape index (κ3) is 4.68. The number of H-pyrrole nitrogens is 1. The normalized spacial score (nSPS) is 15.1. The largest absolute Gasteiger partial charge is 0.481 e. The Hall–Kier alpha value is -4.36. The van der Waals surface area contributed by atoms with E-state index in [2.05, 4.69) is 4.98 Å². The lowest BCUT2D eigenvalue weighted by Crippen LogP contribution is -2.09. The molecule has 3 aromatic carbocycles. The first-order chi connectivity index (χ1) is 18.2. The molecule has 0 fully saturated rings. The summed E-state index contributed by atoms with van der Waals surface area (Å²) in [6, 6.07) is 23.9. The number of halogens is 1. The number of fused-ring (bicyclic) bond motifs is 4. The van der Waals surface area contributed by atoms with E-state index in [0.29, 0.717) is 29.2 Å². The molecule has 5 aromatic rings. The van der Waals surface area contributed by atoms with Crippen molar-refractivity contribution < 1.29 is 24.6 Å². The third-order valence-electron chi connectivity index (χ3n) is 7.03. The average molecular weight is 529 g/mol. The molecule has 1 aliphatic heterocycles. The fourth-order valence-electron chi connectivity index (χ4n) is 4.93. The molecule has 8 heteroatoms. The molecule has 38 heavy (non-hydrogen) atoms. The molecule has 3 N–H and O–H groups in total. The van der Waals surface area contributed by atoms with Gasteiger partial charge in [0.25, 0.3) is 0 Å². The lowest BCUT2D eigenvalue weighted by molar-refractivity contribution is -0.139. The second-order valence-corrected chi connectivity index (χ2v) is 9.79. The topological polar surface area (TPSA) is 112 Å². The van der Waals surface area contributed by atoms with E-state index in [1.165, 1.54) is 0 Å². The van der Waals surface area contributed by atoms with Crippen LogP contribution in [0.4, 0.5) is 0 Å². The first kappa shape index (κ1) is 25.3. The summed E-state index contributed by atoms with van der Waals surface area (Å²) < 4.78 is 1.83. The number of carboxylic acids is 2. The monoisotopic (exact) mass is 528 g/mol. The van der Waals surface area contributed by atoms with Gasteiger partial charge < -0.3 is 19.8 Å². The fourth-order valence-corrected chi connectivity index (χ4v) is 5.11. The number of aromatic nitrogens is 2. The molecule has 0 bridgehead atoms. The van der Waals surface area contributed by atoms with Gasteiger partial charge in [-0.1, -0.05) is 54.1 Å². The molecule has 192 valence electrons. The number of aliphatic carboxylic acids is 2. The van der Waals surface area contributed by atoms with E-state index in [4.69, 9.17) is 21.8 Å². The van der Waals surface area contributed by atoms with Gasteiger partial charge >= 0.3 is 11.9 Å². The molecule has 0 amide bonds. The Balaban J connectivity index is 0.000000155. The second-order valence-electron chi connectivity index (χ2n) is 9.35. The van der Waals surface area contributed by atoms with Crippen molar-refractivity contribution >= 4 is 51.1 Å². The van der Waals surface area contributed by atoms with Crippen molar-refractivity contribution in [1.29, 1.82) is 0 Å². The first-order valence-corrected chi connectivity index (χ1v) is 12.6. The minimum absolute atomic E-state index is 0.0575. The summed E-state index contributed by atoms with van der Waals surface area (Å²) in [5.74, 6) is -2.70. The number of carboxylic acid groups (broad SMARTS) is 2. The minimum Gasteiger partial charge on any atom is -0.481 e. The van der Waals surface area contributed by atoms with Crippen molar-refractivity contribution in [2.75, 3.05) is 0 Å². The van der Waals surface area contributed by atoms with Crippen LogP contribution in [-0.2, 0) is 16.1 Å². The standard InChI is InChI=1S/C15H12ClNO2.C15H13NO3/c1-8(15(18)19)9-2-4-11-12-7-10(16)3-5-13(12)17-14(11)6-9;17-14(10-4-2-1-3-5-10)13-7-6-12-11(15(18)19)8-9-16(12)13/h2-8,17H,1H3,(H,18,19);1-7,11H,8-9H2,(H,18,19). The number of nitrogens with zero attached hydrogens (tertiary/aromatic N) is 1. The number of hydrogen-bond donors (Lipinski definition) is 3. The van der Waals surface area contributed by atoms with Crippen LogP contribution in [0.25, 0.3) is 21.8 Å². The molecule has 2 aromatic heterocycles. The number of nitrogens with one attached hydrogen (secondary N) is 1. The van der Waals surface area contributed by atoms with E-state index < -0.39 is 23.8 Å². The zero-order chi connectivity index (χ0) is 27.0. The highest BCUT2D eigenvalue weighted by molar-refractivity contribution is 6.31. The lowest BCUT2D eigenvalue weighted by atomic mass is 10.00. The van der Waals surface area contributed by atoms with E-state index in [9.17, 15) is 14.4 Å². The first-order valence-electron chi connectivity index (χ1n) is 12.2. The number of ketones is 1. The molecule has 0 radical (unpaired) electrons. The summed E-state index contributed by atoms with van der Waals surface area (Å²) >= 11 is 6.01. The Labute approximate surface area is 223 Å². The van der Waals surface area contributed by atoms with Gasteiger partial charge in [-0.15, -0.1) is 0 Å². The smallest absolute Gasteiger partial charge is 0.312 e. The van der Waals surface area contributed by atoms with Crippen LogP contribution in [0.15, 0.2) is 78.9 Å². The van der Waals surface area contributed by atoms with E-state index >= 15 is 0 Å².